The Labute approximate surface area is 196 Å². The van der Waals surface area contributed by atoms with Gasteiger partial charge in [0.15, 0.2) is 0 Å². The molecular formula is C28H21NO5. The predicted octanol–water partition coefficient (Wildman–Crippen LogP) is 4.96. The van der Waals surface area contributed by atoms with E-state index in [1.807, 2.05) is 36.4 Å². The van der Waals surface area contributed by atoms with Gasteiger partial charge in [-0.3, -0.25) is 4.79 Å². The highest BCUT2D eigenvalue weighted by Gasteiger charge is 2.48. The number of carbonyl (C=O) groups is 2. The number of rotatable bonds is 5. The van der Waals surface area contributed by atoms with Gasteiger partial charge in [-0.1, -0.05) is 60.7 Å². The Kier molecular flexibility index (Phi) is 5.26. The summed E-state index contributed by atoms with van der Waals surface area (Å²) in [6.07, 6.45) is 0.613. The van der Waals surface area contributed by atoms with Gasteiger partial charge in [-0.15, -0.1) is 0 Å². The highest BCUT2D eigenvalue weighted by molar-refractivity contribution is 6.03. The molecule has 4 aromatic rings. The molecule has 168 valence electrons. The number of amides is 1. The summed E-state index contributed by atoms with van der Waals surface area (Å²) in [6, 6.07) is 28.0. The van der Waals surface area contributed by atoms with Crippen LogP contribution in [-0.4, -0.2) is 22.1 Å². The number of ether oxygens (including phenoxy) is 1. The fourth-order valence-corrected chi connectivity index (χ4v) is 4.18. The number of anilines is 1. The first-order chi connectivity index (χ1) is 16.5. The van der Waals surface area contributed by atoms with Crippen molar-refractivity contribution in [1.29, 1.82) is 0 Å². The van der Waals surface area contributed by atoms with Crippen molar-refractivity contribution in [2.45, 2.75) is 12.0 Å². The number of benzene rings is 4. The van der Waals surface area contributed by atoms with Gasteiger partial charge in [-0.2, -0.15) is 0 Å². The lowest BCUT2D eigenvalue weighted by Crippen LogP contribution is -2.49. The molecule has 1 aliphatic heterocycles. The van der Waals surface area contributed by atoms with Crippen LogP contribution in [0.15, 0.2) is 97.1 Å². The summed E-state index contributed by atoms with van der Waals surface area (Å²) in [5, 5.41) is 21.8. The number of phenols is 1. The maximum absolute atomic E-state index is 13.5. The number of nitrogens with one attached hydrogen (secondary N) is 1. The third-order valence-corrected chi connectivity index (χ3v) is 5.96. The second-order valence-corrected chi connectivity index (χ2v) is 8.16. The van der Waals surface area contributed by atoms with Crippen molar-refractivity contribution in [3.63, 3.8) is 0 Å². The van der Waals surface area contributed by atoms with E-state index >= 15 is 0 Å². The maximum Gasteiger partial charge on any atom is 0.335 e. The first-order valence-electron chi connectivity index (χ1n) is 10.8. The standard InChI is InChI=1S/C28H21NO5/c30-23-15-13-22(14-16-23)28(27(33)29-24-3-1-2-4-25(24)34-28)21-11-7-19(8-12-21)17-18-5-9-20(10-6-18)26(31)32/h1-16,30H,17H2,(H,29,33)(H,31,32). The maximum atomic E-state index is 13.5. The molecule has 0 saturated heterocycles. The summed E-state index contributed by atoms with van der Waals surface area (Å²) in [6.45, 7) is 0. The van der Waals surface area contributed by atoms with E-state index in [9.17, 15) is 14.7 Å². The summed E-state index contributed by atoms with van der Waals surface area (Å²) < 4.78 is 6.39. The molecule has 0 fully saturated rings. The molecule has 0 radical (unpaired) electrons. The van der Waals surface area contributed by atoms with Crippen molar-refractivity contribution in [1.82, 2.24) is 0 Å². The largest absolute Gasteiger partial charge is 0.508 e. The average molecular weight is 451 g/mol. The molecule has 1 amide bonds. The van der Waals surface area contributed by atoms with Crippen molar-refractivity contribution in [3.8, 4) is 11.5 Å². The summed E-state index contributed by atoms with van der Waals surface area (Å²) >= 11 is 0. The Morgan fingerprint density at radius 2 is 1.35 bits per heavy atom. The third kappa shape index (κ3) is 3.75. The average Bonchev–Trinajstić information content (AvgIpc) is 2.85. The molecule has 1 unspecified atom stereocenters. The van der Waals surface area contributed by atoms with Gasteiger partial charge in [-0.25, -0.2) is 4.79 Å². The number of carboxylic acids is 1. The second kappa shape index (κ2) is 8.41. The molecule has 1 aliphatic rings. The van der Waals surface area contributed by atoms with Crippen molar-refractivity contribution < 1.29 is 24.5 Å². The Bertz CT molecular complexity index is 1360. The first kappa shape index (κ1) is 21.3. The molecule has 0 bridgehead atoms. The second-order valence-electron chi connectivity index (χ2n) is 8.16. The van der Waals surface area contributed by atoms with Crippen LogP contribution < -0.4 is 10.1 Å². The number of phenolic OH excluding ortho intramolecular Hbond substituents is 1. The van der Waals surface area contributed by atoms with Gasteiger partial charge in [-0.05, 0) is 53.9 Å². The van der Waals surface area contributed by atoms with E-state index in [1.165, 1.54) is 12.1 Å². The first-order valence-corrected chi connectivity index (χ1v) is 10.8. The monoisotopic (exact) mass is 451 g/mol. The number of fused-ring (bicyclic) bond motifs is 1. The van der Waals surface area contributed by atoms with Gasteiger partial charge in [0.25, 0.3) is 5.91 Å². The summed E-state index contributed by atoms with van der Waals surface area (Å²) in [5.41, 5.74) is 2.64. The van der Waals surface area contributed by atoms with Gasteiger partial charge in [0.05, 0.1) is 11.3 Å². The van der Waals surface area contributed by atoms with E-state index in [-0.39, 0.29) is 17.2 Å². The Balaban J connectivity index is 1.52. The van der Waals surface area contributed by atoms with Gasteiger partial charge in [0.2, 0.25) is 5.60 Å². The summed E-state index contributed by atoms with van der Waals surface area (Å²) in [5.74, 6) is -0.630. The molecule has 0 spiro atoms. The fourth-order valence-electron chi connectivity index (χ4n) is 4.18. The van der Waals surface area contributed by atoms with Crippen LogP contribution in [-0.2, 0) is 16.8 Å². The third-order valence-electron chi connectivity index (χ3n) is 5.96. The number of aromatic hydroxyl groups is 1. The van der Waals surface area contributed by atoms with Gasteiger partial charge < -0.3 is 20.3 Å². The van der Waals surface area contributed by atoms with E-state index in [2.05, 4.69) is 5.32 Å². The topological polar surface area (TPSA) is 95.9 Å². The van der Waals surface area contributed by atoms with Crippen LogP contribution in [0.4, 0.5) is 5.69 Å². The van der Waals surface area contributed by atoms with E-state index in [4.69, 9.17) is 9.84 Å². The molecule has 0 saturated carbocycles. The minimum atomic E-state index is -1.43. The SMILES string of the molecule is O=C(O)c1ccc(Cc2ccc(C3(c4ccc(O)cc4)Oc4ccccc4NC3=O)cc2)cc1. The summed E-state index contributed by atoms with van der Waals surface area (Å²) in [4.78, 5) is 24.6. The predicted molar refractivity (Wildman–Crippen MR) is 127 cm³/mol. The highest BCUT2D eigenvalue weighted by Crippen LogP contribution is 2.43. The number of carbonyl (C=O) groups excluding carboxylic acids is 1. The van der Waals surface area contributed by atoms with Crippen LogP contribution in [0.2, 0.25) is 0 Å². The van der Waals surface area contributed by atoms with Crippen LogP contribution in [0.25, 0.3) is 0 Å². The zero-order valence-corrected chi connectivity index (χ0v) is 18.1. The van der Waals surface area contributed by atoms with Crippen LogP contribution in [0.1, 0.15) is 32.6 Å². The lowest BCUT2D eigenvalue weighted by Gasteiger charge is -2.38. The Morgan fingerprint density at radius 3 is 1.97 bits per heavy atom. The molecule has 34 heavy (non-hydrogen) atoms. The van der Waals surface area contributed by atoms with Crippen LogP contribution in [0, 0.1) is 0 Å². The number of para-hydroxylation sites is 2. The van der Waals surface area contributed by atoms with E-state index in [1.54, 1.807) is 48.5 Å². The van der Waals surface area contributed by atoms with Gasteiger partial charge >= 0.3 is 5.97 Å². The zero-order chi connectivity index (χ0) is 23.7. The highest BCUT2D eigenvalue weighted by atomic mass is 16.5. The molecular weight excluding hydrogens is 430 g/mol. The Hall–Kier alpha value is -4.58. The van der Waals surface area contributed by atoms with Crippen LogP contribution >= 0.6 is 0 Å². The van der Waals surface area contributed by atoms with E-state index < -0.39 is 11.6 Å². The molecule has 6 nitrogen and oxygen atoms in total. The number of hydrogen-bond donors (Lipinski definition) is 3. The molecule has 6 heteroatoms. The lowest BCUT2D eigenvalue weighted by molar-refractivity contribution is -0.129. The summed E-state index contributed by atoms with van der Waals surface area (Å²) in [7, 11) is 0. The minimum Gasteiger partial charge on any atom is -0.508 e. The Morgan fingerprint density at radius 1 is 0.794 bits per heavy atom. The van der Waals surface area contributed by atoms with E-state index in [0.717, 1.165) is 11.1 Å². The minimum absolute atomic E-state index is 0.0970. The fraction of sp³-hybridized carbons (Fsp3) is 0.0714. The number of aromatic carboxylic acids is 1. The molecule has 3 N–H and O–H groups in total. The lowest BCUT2D eigenvalue weighted by atomic mass is 9.83. The van der Waals surface area contributed by atoms with Gasteiger partial charge in [0, 0.05) is 11.1 Å². The molecule has 1 heterocycles. The van der Waals surface area contributed by atoms with Crippen molar-refractivity contribution in [2.24, 2.45) is 0 Å². The van der Waals surface area contributed by atoms with Crippen molar-refractivity contribution >= 4 is 17.6 Å². The molecule has 0 aromatic heterocycles. The normalized spacial score (nSPS) is 16.8. The smallest absolute Gasteiger partial charge is 0.335 e. The van der Waals surface area contributed by atoms with E-state index in [0.29, 0.717) is 29.0 Å². The molecule has 0 aliphatic carbocycles. The zero-order valence-electron chi connectivity index (χ0n) is 18.1. The molecule has 1 atom stereocenters. The van der Waals surface area contributed by atoms with Crippen LogP contribution in [0.3, 0.4) is 0 Å². The number of hydrogen-bond acceptors (Lipinski definition) is 4. The quantitative estimate of drug-likeness (QED) is 0.399. The van der Waals surface area contributed by atoms with Crippen molar-refractivity contribution in [2.75, 3.05) is 5.32 Å². The number of carboxylic acid groups (broad SMARTS) is 1. The molecule has 4 aromatic carbocycles. The van der Waals surface area contributed by atoms with Gasteiger partial charge in [0.1, 0.15) is 11.5 Å². The van der Waals surface area contributed by atoms with Crippen molar-refractivity contribution in [3.05, 3.63) is 125 Å². The van der Waals surface area contributed by atoms with Crippen LogP contribution in [0.5, 0.6) is 11.5 Å². The molecule has 5 rings (SSSR count).